The highest BCUT2D eigenvalue weighted by atomic mass is 32.2. The van der Waals surface area contributed by atoms with Gasteiger partial charge in [-0.3, -0.25) is 4.79 Å². The number of nitrogens with one attached hydrogen (secondary N) is 1. The number of aryl methyl sites for hydroxylation is 1. The molecule has 2 rings (SSSR count). The van der Waals surface area contributed by atoms with Crippen LogP contribution in [0.5, 0.6) is 0 Å². The highest BCUT2D eigenvalue weighted by Gasteiger charge is 2.19. The molecule has 1 fully saturated rings. The van der Waals surface area contributed by atoms with Gasteiger partial charge >= 0.3 is 0 Å². The lowest BCUT2D eigenvalue weighted by Crippen LogP contribution is -2.33. The molecular weight excluding hydrogens is 250 g/mol. The van der Waals surface area contributed by atoms with Crippen LogP contribution in [0.4, 0.5) is 0 Å². The highest BCUT2D eigenvalue weighted by molar-refractivity contribution is 8.00. The molecule has 1 aliphatic carbocycles. The lowest BCUT2D eigenvalue weighted by molar-refractivity contribution is -0.119. The molecule has 1 aromatic heterocycles. The topological polar surface area (TPSA) is 68.0 Å². The van der Waals surface area contributed by atoms with Crippen LogP contribution in [-0.2, 0) is 4.79 Å². The molecule has 1 amide bonds. The first kappa shape index (κ1) is 13.4. The maximum absolute atomic E-state index is 11.7. The van der Waals surface area contributed by atoms with E-state index in [4.69, 9.17) is 4.52 Å². The Morgan fingerprint density at radius 2 is 2.28 bits per heavy atom. The van der Waals surface area contributed by atoms with Gasteiger partial charge in [-0.15, -0.1) is 11.8 Å². The van der Waals surface area contributed by atoms with Crippen molar-refractivity contribution in [1.82, 2.24) is 15.5 Å². The predicted octanol–water partition coefficient (Wildman–Crippen LogP) is 2.23. The molecule has 5 nitrogen and oxygen atoms in total. The molecule has 1 N–H and O–H groups in total. The predicted molar refractivity (Wildman–Crippen MR) is 70.3 cm³/mol. The third-order valence-corrected chi connectivity index (χ3v) is 4.21. The van der Waals surface area contributed by atoms with Gasteiger partial charge in [0.25, 0.3) is 0 Å². The molecule has 0 unspecified atom stereocenters. The number of aromatic nitrogens is 2. The zero-order valence-electron chi connectivity index (χ0n) is 10.8. The minimum absolute atomic E-state index is 0.0560. The maximum atomic E-state index is 11.7. The van der Waals surface area contributed by atoms with Gasteiger partial charge in [0.1, 0.15) is 0 Å². The summed E-state index contributed by atoms with van der Waals surface area (Å²) in [6.45, 7) is 3.76. The average Bonchev–Trinajstić information content (AvgIpc) is 2.97. The molecule has 1 heterocycles. The van der Waals surface area contributed by atoms with Crippen molar-refractivity contribution in [2.24, 2.45) is 0 Å². The molecule has 0 saturated heterocycles. The van der Waals surface area contributed by atoms with E-state index in [2.05, 4.69) is 15.5 Å². The van der Waals surface area contributed by atoms with E-state index in [0.717, 1.165) is 12.8 Å². The summed E-state index contributed by atoms with van der Waals surface area (Å²) < 4.78 is 5.08. The molecule has 1 saturated carbocycles. The van der Waals surface area contributed by atoms with Crippen LogP contribution in [0.25, 0.3) is 0 Å². The molecule has 1 atom stereocenters. The van der Waals surface area contributed by atoms with Crippen LogP contribution < -0.4 is 5.32 Å². The van der Waals surface area contributed by atoms with Crippen molar-refractivity contribution in [1.29, 1.82) is 0 Å². The van der Waals surface area contributed by atoms with Gasteiger partial charge in [0.2, 0.25) is 11.8 Å². The first-order valence-electron chi connectivity index (χ1n) is 6.36. The lowest BCUT2D eigenvalue weighted by atomic mass is 10.2. The van der Waals surface area contributed by atoms with E-state index in [-0.39, 0.29) is 11.2 Å². The SMILES string of the molecule is Cc1noc([C@H](C)SCC(=O)NC2CCCC2)n1. The summed E-state index contributed by atoms with van der Waals surface area (Å²) >= 11 is 1.53. The van der Waals surface area contributed by atoms with Gasteiger partial charge in [-0.1, -0.05) is 18.0 Å². The second kappa shape index (κ2) is 6.22. The molecule has 0 bridgehead atoms. The number of rotatable bonds is 5. The zero-order chi connectivity index (χ0) is 13.0. The summed E-state index contributed by atoms with van der Waals surface area (Å²) in [5, 5.41) is 6.87. The summed E-state index contributed by atoms with van der Waals surface area (Å²) in [7, 11) is 0. The fourth-order valence-corrected chi connectivity index (χ4v) is 2.81. The number of hydrogen-bond acceptors (Lipinski definition) is 5. The first-order valence-corrected chi connectivity index (χ1v) is 7.41. The minimum atomic E-state index is 0.0560. The Balaban J connectivity index is 1.71. The number of thioether (sulfide) groups is 1. The van der Waals surface area contributed by atoms with Crippen molar-refractivity contribution >= 4 is 17.7 Å². The van der Waals surface area contributed by atoms with Crippen LogP contribution >= 0.6 is 11.8 Å². The van der Waals surface area contributed by atoms with E-state index in [0.29, 0.717) is 23.5 Å². The molecule has 0 aromatic carbocycles. The minimum Gasteiger partial charge on any atom is -0.353 e. The molecule has 0 aliphatic heterocycles. The zero-order valence-corrected chi connectivity index (χ0v) is 11.6. The van der Waals surface area contributed by atoms with Gasteiger partial charge in [0.05, 0.1) is 11.0 Å². The van der Waals surface area contributed by atoms with Crippen LogP contribution in [0.15, 0.2) is 4.52 Å². The average molecular weight is 269 g/mol. The van der Waals surface area contributed by atoms with Crippen molar-refractivity contribution in [3.05, 3.63) is 11.7 Å². The third kappa shape index (κ3) is 3.73. The molecule has 1 aliphatic rings. The van der Waals surface area contributed by atoms with Crippen LogP contribution in [0.2, 0.25) is 0 Å². The first-order chi connectivity index (χ1) is 8.65. The fourth-order valence-electron chi connectivity index (χ4n) is 2.09. The van der Waals surface area contributed by atoms with Crippen LogP contribution in [-0.4, -0.2) is 27.8 Å². The van der Waals surface area contributed by atoms with Crippen molar-refractivity contribution in [3.63, 3.8) is 0 Å². The van der Waals surface area contributed by atoms with E-state index in [9.17, 15) is 4.79 Å². The molecule has 0 spiro atoms. The van der Waals surface area contributed by atoms with Crippen molar-refractivity contribution < 1.29 is 9.32 Å². The van der Waals surface area contributed by atoms with Crippen molar-refractivity contribution in [2.75, 3.05) is 5.75 Å². The van der Waals surface area contributed by atoms with Gasteiger partial charge in [0.15, 0.2) is 5.82 Å². The largest absolute Gasteiger partial charge is 0.353 e. The van der Waals surface area contributed by atoms with Gasteiger partial charge < -0.3 is 9.84 Å². The van der Waals surface area contributed by atoms with Crippen LogP contribution in [0.1, 0.15) is 49.6 Å². The Morgan fingerprint density at radius 1 is 1.56 bits per heavy atom. The summed E-state index contributed by atoms with van der Waals surface area (Å²) in [5.41, 5.74) is 0. The van der Waals surface area contributed by atoms with Gasteiger partial charge in [-0.05, 0) is 26.7 Å². The van der Waals surface area contributed by atoms with E-state index >= 15 is 0 Å². The third-order valence-electron chi connectivity index (χ3n) is 3.08. The lowest BCUT2D eigenvalue weighted by Gasteiger charge is -2.12. The number of carbonyl (C=O) groups excluding carboxylic acids is 1. The quantitative estimate of drug-likeness (QED) is 0.887. The van der Waals surface area contributed by atoms with Crippen LogP contribution in [0.3, 0.4) is 0 Å². The molecule has 0 radical (unpaired) electrons. The monoisotopic (exact) mass is 269 g/mol. The summed E-state index contributed by atoms with van der Waals surface area (Å²) in [4.78, 5) is 15.9. The summed E-state index contributed by atoms with van der Waals surface area (Å²) in [6, 6.07) is 0.388. The second-order valence-corrected chi connectivity index (χ2v) is 6.01. The summed E-state index contributed by atoms with van der Waals surface area (Å²) in [5.74, 6) is 1.77. The molecule has 18 heavy (non-hydrogen) atoms. The van der Waals surface area contributed by atoms with E-state index in [1.54, 1.807) is 6.92 Å². The molecule has 1 aromatic rings. The number of carbonyl (C=O) groups is 1. The van der Waals surface area contributed by atoms with E-state index in [1.807, 2.05) is 6.92 Å². The smallest absolute Gasteiger partial charge is 0.239 e. The van der Waals surface area contributed by atoms with Gasteiger partial charge in [-0.25, -0.2) is 0 Å². The standard InChI is InChI=1S/C12H19N3O2S/c1-8(12-13-9(2)15-17-12)18-7-11(16)14-10-5-3-4-6-10/h8,10H,3-7H2,1-2H3,(H,14,16)/t8-/m0/s1. The van der Waals surface area contributed by atoms with E-state index in [1.165, 1.54) is 24.6 Å². The molecule has 100 valence electrons. The number of hydrogen-bond donors (Lipinski definition) is 1. The second-order valence-electron chi connectivity index (χ2n) is 4.68. The van der Waals surface area contributed by atoms with Crippen molar-refractivity contribution in [3.8, 4) is 0 Å². The number of nitrogens with zero attached hydrogens (tertiary/aromatic N) is 2. The van der Waals surface area contributed by atoms with Crippen LogP contribution in [0, 0.1) is 6.92 Å². The number of amides is 1. The summed E-state index contributed by atoms with van der Waals surface area (Å²) in [6.07, 6.45) is 4.70. The normalized spacial score (nSPS) is 17.9. The Bertz CT molecular complexity index is 402. The molecular formula is C12H19N3O2S. The highest BCUT2D eigenvalue weighted by Crippen LogP contribution is 2.26. The maximum Gasteiger partial charge on any atom is 0.239 e. The van der Waals surface area contributed by atoms with Crippen molar-refractivity contribution in [2.45, 2.75) is 50.8 Å². The molecule has 6 heteroatoms. The van der Waals surface area contributed by atoms with Gasteiger partial charge in [-0.2, -0.15) is 4.98 Å². The Morgan fingerprint density at radius 3 is 2.89 bits per heavy atom. The fraction of sp³-hybridized carbons (Fsp3) is 0.750. The Hall–Kier alpha value is -1.04. The van der Waals surface area contributed by atoms with Gasteiger partial charge in [0, 0.05) is 6.04 Å². The Labute approximate surface area is 111 Å². The Kier molecular flexibility index (Phi) is 4.63. The van der Waals surface area contributed by atoms with E-state index < -0.39 is 0 Å².